The number of nitrogens with one attached hydrogen (secondary N) is 1. The predicted octanol–water partition coefficient (Wildman–Crippen LogP) is 0.922. The summed E-state index contributed by atoms with van der Waals surface area (Å²) in [5.74, 6) is -0.113. The van der Waals surface area contributed by atoms with Crippen LogP contribution >= 0.6 is 0 Å². The van der Waals surface area contributed by atoms with E-state index in [1.807, 2.05) is 31.2 Å². The molecule has 0 aromatic heterocycles. The number of amides is 1. The van der Waals surface area contributed by atoms with Gasteiger partial charge in [0.15, 0.2) is 0 Å². The van der Waals surface area contributed by atoms with Crippen molar-refractivity contribution in [1.29, 1.82) is 0 Å². The van der Waals surface area contributed by atoms with Crippen molar-refractivity contribution in [3.8, 4) is 0 Å². The van der Waals surface area contributed by atoms with E-state index in [1.54, 1.807) is 0 Å². The first-order chi connectivity index (χ1) is 8.17. The Hall–Kier alpha value is -1.39. The van der Waals surface area contributed by atoms with Crippen LogP contribution < -0.4 is 11.1 Å². The van der Waals surface area contributed by atoms with E-state index in [4.69, 9.17) is 10.8 Å². The van der Waals surface area contributed by atoms with Gasteiger partial charge in [-0.25, -0.2) is 0 Å². The molecule has 0 fully saturated rings. The number of carbonyl (C=O) groups excluding carboxylic acids is 1. The van der Waals surface area contributed by atoms with Gasteiger partial charge in [-0.2, -0.15) is 0 Å². The molecule has 0 heterocycles. The first-order valence-corrected chi connectivity index (χ1v) is 5.89. The lowest BCUT2D eigenvalue weighted by molar-refractivity contribution is -0.122. The van der Waals surface area contributed by atoms with Crippen molar-refractivity contribution in [2.24, 2.45) is 5.73 Å². The molecular formula is C13H20N2O2. The fraction of sp³-hybridized carbons (Fsp3) is 0.462. The molecule has 4 nitrogen and oxygen atoms in total. The number of aliphatic hydroxyl groups excluding tert-OH is 1. The van der Waals surface area contributed by atoms with Crippen molar-refractivity contribution >= 4 is 5.91 Å². The molecule has 0 saturated carbocycles. The monoisotopic (exact) mass is 236 g/mol. The third kappa shape index (κ3) is 4.54. The van der Waals surface area contributed by atoms with Crippen molar-refractivity contribution in [2.75, 3.05) is 0 Å². The zero-order chi connectivity index (χ0) is 12.7. The number of hydrogen-bond donors (Lipinski definition) is 3. The third-order valence-corrected chi connectivity index (χ3v) is 2.61. The maximum atomic E-state index is 11.6. The zero-order valence-electron chi connectivity index (χ0n) is 10.1. The number of aliphatic hydroxyl groups is 1. The Labute approximate surface area is 102 Å². The summed E-state index contributed by atoms with van der Waals surface area (Å²) in [7, 11) is 0. The van der Waals surface area contributed by atoms with Gasteiger partial charge in [-0.1, -0.05) is 37.6 Å². The van der Waals surface area contributed by atoms with Gasteiger partial charge in [0.1, 0.15) is 0 Å². The molecule has 0 aliphatic heterocycles. The Kier molecular flexibility index (Phi) is 5.66. The van der Waals surface area contributed by atoms with Gasteiger partial charge in [-0.15, -0.1) is 0 Å². The number of hydrogen-bond acceptors (Lipinski definition) is 3. The molecule has 0 unspecified atom stereocenters. The highest BCUT2D eigenvalue weighted by molar-refractivity contribution is 5.81. The Bertz CT molecular complexity index is 349. The first kappa shape index (κ1) is 13.7. The molecule has 0 saturated heterocycles. The molecule has 1 aromatic rings. The lowest BCUT2D eigenvalue weighted by atomic mass is 10.1. The summed E-state index contributed by atoms with van der Waals surface area (Å²) in [6.45, 7) is 2.51. The Balaban J connectivity index is 2.41. The molecule has 1 amide bonds. The van der Waals surface area contributed by atoms with Gasteiger partial charge in [0.05, 0.1) is 12.6 Å². The van der Waals surface area contributed by atoms with Crippen molar-refractivity contribution in [3.05, 3.63) is 35.4 Å². The van der Waals surface area contributed by atoms with Crippen molar-refractivity contribution in [2.45, 2.75) is 39.0 Å². The second kappa shape index (κ2) is 7.04. The van der Waals surface area contributed by atoms with E-state index < -0.39 is 6.04 Å². The van der Waals surface area contributed by atoms with Gasteiger partial charge in [0, 0.05) is 6.54 Å². The molecule has 1 rings (SSSR count). The lowest BCUT2D eigenvalue weighted by Crippen LogP contribution is -2.40. The summed E-state index contributed by atoms with van der Waals surface area (Å²) in [6, 6.07) is 7.03. The maximum Gasteiger partial charge on any atom is 0.237 e. The van der Waals surface area contributed by atoms with Crippen LogP contribution in [0.5, 0.6) is 0 Å². The standard InChI is InChI=1S/C13H20N2O2/c1-2-3-12(14)13(17)15-8-10-4-6-11(9-16)7-5-10/h4-7,12,16H,2-3,8-9,14H2,1H3,(H,15,17)/t12-/m0/s1. The van der Waals surface area contributed by atoms with Crippen LogP contribution in [0.1, 0.15) is 30.9 Å². The summed E-state index contributed by atoms with van der Waals surface area (Å²) in [4.78, 5) is 11.6. The van der Waals surface area contributed by atoms with E-state index in [1.165, 1.54) is 0 Å². The van der Waals surface area contributed by atoms with E-state index in [-0.39, 0.29) is 12.5 Å². The van der Waals surface area contributed by atoms with Crippen LogP contribution in [0.25, 0.3) is 0 Å². The van der Waals surface area contributed by atoms with Crippen molar-refractivity contribution in [1.82, 2.24) is 5.32 Å². The second-order valence-electron chi connectivity index (χ2n) is 4.09. The number of rotatable bonds is 6. The minimum atomic E-state index is -0.420. The number of nitrogens with two attached hydrogens (primary N) is 1. The van der Waals surface area contributed by atoms with Crippen LogP contribution in [0.2, 0.25) is 0 Å². The smallest absolute Gasteiger partial charge is 0.237 e. The fourth-order valence-corrected chi connectivity index (χ4v) is 1.52. The number of benzene rings is 1. The van der Waals surface area contributed by atoms with Crippen LogP contribution in [0, 0.1) is 0 Å². The molecule has 1 atom stereocenters. The molecule has 0 radical (unpaired) electrons. The van der Waals surface area contributed by atoms with Gasteiger partial charge >= 0.3 is 0 Å². The van der Waals surface area contributed by atoms with Gasteiger partial charge in [0.25, 0.3) is 0 Å². The molecule has 0 bridgehead atoms. The van der Waals surface area contributed by atoms with Crippen LogP contribution in [-0.4, -0.2) is 17.1 Å². The molecule has 17 heavy (non-hydrogen) atoms. The summed E-state index contributed by atoms with van der Waals surface area (Å²) >= 11 is 0. The minimum absolute atomic E-state index is 0.0357. The van der Waals surface area contributed by atoms with Crippen molar-refractivity contribution < 1.29 is 9.90 Å². The molecule has 0 spiro atoms. The average Bonchev–Trinajstić information content (AvgIpc) is 2.36. The second-order valence-corrected chi connectivity index (χ2v) is 4.09. The van der Waals surface area contributed by atoms with E-state index in [9.17, 15) is 4.79 Å². The highest BCUT2D eigenvalue weighted by Gasteiger charge is 2.11. The van der Waals surface area contributed by atoms with Crippen molar-refractivity contribution in [3.63, 3.8) is 0 Å². The molecular weight excluding hydrogens is 216 g/mol. The summed E-state index contributed by atoms with van der Waals surface area (Å²) in [6.07, 6.45) is 1.61. The van der Waals surface area contributed by atoms with Gasteiger partial charge in [-0.3, -0.25) is 4.79 Å². The van der Waals surface area contributed by atoms with Crippen LogP contribution in [0.4, 0.5) is 0 Å². The molecule has 0 aliphatic rings. The largest absolute Gasteiger partial charge is 0.392 e. The van der Waals surface area contributed by atoms with Gasteiger partial charge in [-0.05, 0) is 17.5 Å². The minimum Gasteiger partial charge on any atom is -0.392 e. The first-order valence-electron chi connectivity index (χ1n) is 5.89. The molecule has 4 heteroatoms. The fourth-order valence-electron chi connectivity index (χ4n) is 1.52. The van der Waals surface area contributed by atoms with Crippen LogP contribution in [0.15, 0.2) is 24.3 Å². The topological polar surface area (TPSA) is 75.4 Å². The normalized spacial score (nSPS) is 12.2. The highest BCUT2D eigenvalue weighted by atomic mass is 16.3. The van der Waals surface area contributed by atoms with E-state index in [0.29, 0.717) is 13.0 Å². The highest BCUT2D eigenvalue weighted by Crippen LogP contribution is 2.04. The Morgan fingerprint density at radius 2 is 1.94 bits per heavy atom. The molecule has 4 N–H and O–H groups in total. The van der Waals surface area contributed by atoms with Gasteiger partial charge < -0.3 is 16.2 Å². The van der Waals surface area contributed by atoms with Crippen LogP contribution in [0.3, 0.4) is 0 Å². The Morgan fingerprint density at radius 3 is 2.47 bits per heavy atom. The molecule has 0 aliphatic carbocycles. The average molecular weight is 236 g/mol. The predicted molar refractivity (Wildman–Crippen MR) is 67.1 cm³/mol. The molecule has 1 aromatic carbocycles. The van der Waals surface area contributed by atoms with E-state index in [0.717, 1.165) is 17.5 Å². The SMILES string of the molecule is CCC[C@H](N)C(=O)NCc1ccc(CO)cc1. The summed E-state index contributed by atoms with van der Waals surface area (Å²) in [5, 5.41) is 11.7. The Morgan fingerprint density at radius 1 is 1.35 bits per heavy atom. The number of carbonyl (C=O) groups is 1. The maximum absolute atomic E-state index is 11.6. The lowest BCUT2D eigenvalue weighted by Gasteiger charge is -2.11. The third-order valence-electron chi connectivity index (χ3n) is 2.61. The van der Waals surface area contributed by atoms with Crippen LogP contribution in [-0.2, 0) is 17.9 Å². The quantitative estimate of drug-likeness (QED) is 0.687. The summed E-state index contributed by atoms with van der Waals surface area (Å²) < 4.78 is 0. The molecule has 94 valence electrons. The zero-order valence-corrected chi connectivity index (χ0v) is 10.1. The van der Waals surface area contributed by atoms with E-state index in [2.05, 4.69) is 5.32 Å². The van der Waals surface area contributed by atoms with Gasteiger partial charge in [0.2, 0.25) is 5.91 Å². The van der Waals surface area contributed by atoms with E-state index >= 15 is 0 Å². The summed E-state index contributed by atoms with van der Waals surface area (Å²) in [5.41, 5.74) is 7.56.